The third-order valence-corrected chi connectivity index (χ3v) is 21.2. The van der Waals surface area contributed by atoms with Crippen LogP contribution in [0.3, 0.4) is 0 Å². The predicted octanol–water partition coefficient (Wildman–Crippen LogP) is 1.80. The number of carboxylic acids is 1. The number of carboxylic acid groups (broad SMARTS) is 1. The average Bonchev–Trinajstić information content (AvgIpc) is 1.62. The number of fused-ring (bicyclic) bond motifs is 1. The van der Waals surface area contributed by atoms with Gasteiger partial charge in [0.15, 0.2) is 11.1 Å². The molecule has 4 rings (SSSR count). The Morgan fingerprint density at radius 1 is 0.480 bits per heavy atom. The first kappa shape index (κ1) is 112. The van der Waals surface area contributed by atoms with E-state index in [0.29, 0.717) is 156 Å². The zero-order chi connectivity index (χ0) is 92.9. The maximum absolute atomic E-state index is 14.0. The number of benzene rings is 3. The number of nitrogens with zero attached hydrogens (tertiary/aromatic N) is 3. The maximum atomic E-state index is 14.0. The number of hydrogen-bond donors (Lipinski definition) is 14. The van der Waals surface area contributed by atoms with E-state index in [4.69, 9.17) is 82.5 Å². The van der Waals surface area contributed by atoms with Crippen molar-refractivity contribution in [1.29, 1.82) is 0 Å². The Labute approximate surface area is 760 Å². The number of amides is 9. The summed E-state index contributed by atoms with van der Waals surface area (Å²) in [4.78, 5) is 149. The quantitative estimate of drug-likeness (QED) is 0.0166. The number of thioether (sulfide) groups is 1. The third-order valence-electron chi connectivity index (χ3n) is 19.1. The molecule has 0 radical (unpaired) electrons. The highest BCUT2D eigenvalue weighted by Gasteiger charge is 2.53. The molecule has 127 heavy (non-hydrogen) atoms. The van der Waals surface area contributed by atoms with Crippen LogP contribution in [0.2, 0.25) is 0 Å². The molecule has 6 unspecified atom stereocenters. The number of aliphatic carboxylic acids is 1. The number of nitrogens with two attached hydrogens (primary N) is 4. The highest BCUT2D eigenvalue weighted by Crippen LogP contribution is 2.47. The van der Waals surface area contributed by atoms with Crippen molar-refractivity contribution >= 4 is 128 Å². The molecule has 0 aromatic heterocycles. The number of isothiocyanates is 1. The fourth-order valence-electron chi connectivity index (χ4n) is 12.7. The van der Waals surface area contributed by atoms with Gasteiger partial charge < -0.3 is 123 Å². The average molecular weight is 1840 g/mol. The van der Waals surface area contributed by atoms with Crippen LogP contribution < -0.4 is 70.8 Å². The van der Waals surface area contributed by atoms with E-state index in [1.807, 2.05) is 93.6 Å². The molecule has 0 saturated carbocycles. The molecule has 1 saturated heterocycles. The van der Waals surface area contributed by atoms with Gasteiger partial charge in [-0.3, -0.25) is 62.6 Å². The summed E-state index contributed by atoms with van der Waals surface area (Å²) in [6, 6.07) is 19.3. The van der Waals surface area contributed by atoms with E-state index in [1.165, 1.54) is 11.8 Å². The predicted molar refractivity (Wildman–Crippen MR) is 489 cm³/mol. The lowest BCUT2D eigenvalue weighted by atomic mass is 9.95. The van der Waals surface area contributed by atoms with Gasteiger partial charge in [0.25, 0.3) is 0 Å². The molecule has 38 nitrogen and oxygen atoms in total. The van der Waals surface area contributed by atoms with Gasteiger partial charge in [-0.1, -0.05) is 72.8 Å². The molecule has 1 aliphatic rings. The fourth-order valence-corrected chi connectivity index (χ4v) is 14.7. The summed E-state index contributed by atoms with van der Waals surface area (Å²) in [5, 5.41) is 39.9. The van der Waals surface area contributed by atoms with Crippen molar-refractivity contribution in [3.05, 3.63) is 83.9 Å². The van der Waals surface area contributed by atoms with E-state index < -0.39 is 81.6 Å². The standard InChI is InChI=1S/C62H104N12O16S2.C24H34N4O6S/c1-2-81-30-31-85-36-37-87-40-41-89-44-45-90-43-42-88-39-38-86-35-33-83-27-19-55(75)72-52(58(63)78)14-5-7-22-68-59(79)53(16-11-25-69-61(64)65)74-60(80)54(15-6-8-23-70-62(92)71-24-10-9-21-66-48-91)73-56(76)20-28-82-32-34-84-29-26-67-57(77)47-49-17-18-50-12-3-4-13-51(50)46-49;1-24(2)20(23(33)34)28(3)22(35-24)17(14-16(29)13-15-7-5-4-6-8-15)21(32)27-12-11-26-19(31)10-9-18(25)30/h3-4,12-13,17-18,46,52-54H,2,5-11,14-16,19-45,47H2,1H3,(H2,63,78)(H,67,77)(H,68,79)(H,72,75)(H,73,76)(H,74,80)(H4,64,65,69)(H2,70,71,92);4-8,17,20,22H,9-14H2,1-3H3,(H2,25,30)(H,26,31)(H,27,32)(H,33,34). The summed E-state index contributed by atoms with van der Waals surface area (Å²) in [7, 11) is 1.66. The summed E-state index contributed by atoms with van der Waals surface area (Å²) < 4.78 is 54.1. The van der Waals surface area contributed by atoms with Crippen LogP contribution in [-0.4, -0.2) is 317 Å². The summed E-state index contributed by atoms with van der Waals surface area (Å²) in [6.07, 6.45) is 4.83. The van der Waals surface area contributed by atoms with Crippen molar-refractivity contribution in [2.24, 2.45) is 38.8 Å². The Balaban J connectivity index is 0.000000983. The summed E-state index contributed by atoms with van der Waals surface area (Å²) in [5.41, 5.74) is 23.5. The van der Waals surface area contributed by atoms with Crippen molar-refractivity contribution in [2.45, 2.75) is 164 Å². The Bertz CT molecular complexity index is 3780. The lowest BCUT2D eigenvalue weighted by Crippen LogP contribution is -2.54. The van der Waals surface area contributed by atoms with Crippen molar-refractivity contribution in [3.63, 3.8) is 0 Å². The molecule has 0 spiro atoms. The van der Waals surface area contributed by atoms with Gasteiger partial charge in [-0.25, -0.2) is 4.99 Å². The molecule has 712 valence electrons. The second kappa shape index (κ2) is 70.9. The first-order valence-electron chi connectivity index (χ1n) is 43.3. The first-order chi connectivity index (χ1) is 61.2. The smallest absolute Gasteiger partial charge is 0.322 e. The van der Waals surface area contributed by atoms with Gasteiger partial charge in [-0.05, 0) is 138 Å². The minimum atomic E-state index is -1.03. The van der Waals surface area contributed by atoms with Crippen LogP contribution in [0.4, 0.5) is 0 Å². The van der Waals surface area contributed by atoms with Crippen molar-refractivity contribution < 1.29 is 105 Å². The van der Waals surface area contributed by atoms with Crippen LogP contribution in [-0.2, 0) is 113 Å². The third kappa shape index (κ3) is 55.5. The number of ether oxygens (including phenoxy) is 10. The minimum absolute atomic E-state index is 0.00456. The van der Waals surface area contributed by atoms with E-state index in [2.05, 4.69) is 75.2 Å². The first-order valence-corrected chi connectivity index (χ1v) is 45.0. The highest BCUT2D eigenvalue weighted by molar-refractivity contribution is 8.01. The molecule has 41 heteroatoms. The monoisotopic (exact) mass is 1840 g/mol. The number of primary amides is 2. The van der Waals surface area contributed by atoms with Gasteiger partial charge in [0, 0.05) is 102 Å². The van der Waals surface area contributed by atoms with Crippen molar-refractivity contribution in [1.82, 2.24) is 52.8 Å². The highest BCUT2D eigenvalue weighted by atomic mass is 32.2. The zero-order valence-electron chi connectivity index (χ0n) is 74.1. The molecule has 1 heterocycles. The van der Waals surface area contributed by atoms with Crippen LogP contribution in [0.1, 0.15) is 128 Å². The molecule has 1 fully saturated rings. The molecule has 0 aliphatic carbocycles. The van der Waals surface area contributed by atoms with E-state index in [1.54, 1.807) is 11.9 Å². The zero-order valence-corrected chi connectivity index (χ0v) is 76.6. The van der Waals surface area contributed by atoms with Crippen molar-refractivity contribution in [2.75, 3.05) is 192 Å². The summed E-state index contributed by atoms with van der Waals surface area (Å²) in [6.45, 7) is 15.9. The molecule has 18 N–H and O–H groups in total. The molecule has 3 aromatic rings. The molecule has 0 bridgehead atoms. The second-order valence-corrected chi connectivity index (χ2v) is 32.2. The van der Waals surface area contributed by atoms with Crippen molar-refractivity contribution in [3.8, 4) is 0 Å². The minimum Gasteiger partial charge on any atom is -0.480 e. The maximum Gasteiger partial charge on any atom is 0.322 e. The molecule has 3 aromatic carbocycles. The normalized spacial score (nSPS) is 14.2. The Kier molecular flexibility index (Phi) is 62.6. The van der Waals surface area contributed by atoms with Crippen LogP contribution in [0, 0.1) is 5.92 Å². The van der Waals surface area contributed by atoms with Gasteiger partial charge in [0.2, 0.25) is 53.2 Å². The fraction of sp³-hybridized carbons (Fsp3) is 0.651. The number of aliphatic imine (C=N–C) groups is 2. The van der Waals surface area contributed by atoms with Crippen LogP contribution in [0.25, 0.3) is 10.8 Å². The van der Waals surface area contributed by atoms with E-state index in [-0.39, 0.29) is 159 Å². The van der Waals surface area contributed by atoms with Gasteiger partial charge in [0.05, 0.1) is 148 Å². The largest absolute Gasteiger partial charge is 0.480 e. The SMILES string of the molecule is CCOCCOCCOCCOCCOCCOCCOCCOCCC(=O)NC(CCCCNC(=O)C(CCCN=C(N)N)NC(=O)C(CCCCNC(=S)NCCCCN=C=S)NC(=O)CCOCCOCCNC(=O)Cc1ccc2ccccc2c1)C(N)=O.CN1C(C(CC(=O)Cc2ccccc2)C(=O)NCCNC(=O)CCC(N)=O)SC(C)(C)C1C(=O)O. The van der Waals surface area contributed by atoms with Crippen LogP contribution in [0.5, 0.6) is 0 Å². The van der Waals surface area contributed by atoms with E-state index in [9.17, 15) is 57.8 Å². The number of thiocarbonyl (C=S) groups is 2. The lowest BCUT2D eigenvalue weighted by molar-refractivity contribution is -0.144. The summed E-state index contributed by atoms with van der Waals surface area (Å²) in [5.74, 6) is -6.04. The number of nitrogens with one attached hydrogen (secondary N) is 9. The van der Waals surface area contributed by atoms with E-state index >= 15 is 0 Å². The van der Waals surface area contributed by atoms with Gasteiger partial charge in [0.1, 0.15) is 30.0 Å². The number of rotatable bonds is 74. The Morgan fingerprint density at radius 3 is 1.50 bits per heavy atom. The Morgan fingerprint density at radius 2 is 0.961 bits per heavy atom. The number of Topliss-reactive ketones (excluding diaryl/α,β-unsaturated/α-hetero) is 1. The number of hydrogen-bond acceptors (Lipinski definition) is 27. The Hall–Kier alpha value is -9.04. The van der Waals surface area contributed by atoms with Crippen LogP contribution in [0.15, 0.2) is 82.8 Å². The van der Waals surface area contributed by atoms with Gasteiger partial charge in [-0.15, -0.1) is 11.8 Å². The molecule has 1 aliphatic heterocycles. The van der Waals surface area contributed by atoms with Gasteiger partial charge >= 0.3 is 5.97 Å². The van der Waals surface area contributed by atoms with Crippen LogP contribution >= 0.6 is 36.2 Å². The number of ketones is 1. The second-order valence-electron chi connectivity index (χ2n) is 29.9. The number of guanidine groups is 1. The number of carbonyl (C=O) groups excluding carboxylic acids is 10. The summed E-state index contributed by atoms with van der Waals surface area (Å²) >= 11 is 11.4. The molecular weight excluding hydrogens is 1710 g/mol. The number of unbranched alkanes of at least 4 members (excludes halogenated alkanes) is 3. The number of likely N-dealkylation sites (N-methyl/N-ethyl adjacent to an activating group) is 1. The molecular formula is C86H138N16O22S3. The number of carbonyl (C=O) groups is 11. The lowest BCUT2D eigenvalue weighted by Gasteiger charge is -2.29. The van der Waals surface area contributed by atoms with E-state index in [0.717, 1.165) is 34.7 Å². The topological polar surface area (TPSA) is 541 Å². The van der Waals surface area contributed by atoms with Gasteiger partial charge in [-0.2, -0.15) is 0 Å². The molecule has 6 atom stereocenters. The molecule has 9 amide bonds.